The maximum atomic E-state index is 13.6. The lowest BCUT2D eigenvalue weighted by molar-refractivity contribution is -0.384. The van der Waals surface area contributed by atoms with E-state index in [-0.39, 0.29) is 11.7 Å². The van der Waals surface area contributed by atoms with Gasteiger partial charge < -0.3 is 4.74 Å². The van der Waals surface area contributed by atoms with Crippen LogP contribution in [0.3, 0.4) is 0 Å². The fourth-order valence-corrected chi connectivity index (χ4v) is 4.55. The summed E-state index contributed by atoms with van der Waals surface area (Å²) in [6.07, 6.45) is 2.24. The average Bonchev–Trinajstić information content (AvgIpc) is 3.51. The van der Waals surface area contributed by atoms with Gasteiger partial charge >= 0.3 is 0 Å². The summed E-state index contributed by atoms with van der Waals surface area (Å²) in [5.41, 5.74) is 0.879. The van der Waals surface area contributed by atoms with Crippen molar-refractivity contribution in [1.29, 1.82) is 0 Å². The molecule has 0 aliphatic heterocycles. The van der Waals surface area contributed by atoms with E-state index in [0.29, 0.717) is 17.4 Å². The van der Waals surface area contributed by atoms with Crippen LogP contribution in [0.15, 0.2) is 57.8 Å². The third-order valence-electron chi connectivity index (χ3n) is 4.54. The standard InChI is InChI=1S/C19H23N3O4S/c1-14(16-5-9-18(26-2)10-6-16)21-27(25,20-13-15-3-4-15)19-11-7-17(8-12-19)22(23)24/h5-12,14-15H,3-4,13H2,1-2H3,(H,20,21,25). The van der Waals surface area contributed by atoms with Crippen molar-refractivity contribution in [2.75, 3.05) is 13.7 Å². The van der Waals surface area contributed by atoms with Gasteiger partial charge in [-0.15, -0.1) is 0 Å². The number of rotatable bonds is 8. The Hall–Kier alpha value is -2.45. The van der Waals surface area contributed by atoms with Gasteiger partial charge in [0, 0.05) is 18.7 Å². The third kappa shape index (κ3) is 4.84. The molecule has 27 heavy (non-hydrogen) atoms. The number of nitro groups is 1. The Morgan fingerprint density at radius 3 is 2.37 bits per heavy atom. The minimum atomic E-state index is -2.91. The number of methoxy groups -OCH3 is 1. The molecule has 7 nitrogen and oxygen atoms in total. The van der Waals surface area contributed by atoms with Crippen molar-refractivity contribution in [1.82, 2.24) is 4.72 Å². The summed E-state index contributed by atoms with van der Waals surface area (Å²) in [6.45, 7) is 2.50. The van der Waals surface area contributed by atoms with Gasteiger partial charge in [-0.25, -0.2) is 13.3 Å². The van der Waals surface area contributed by atoms with Crippen LogP contribution in [0.4, 0.5) is 5.69 Å². The Morgan fingerprint density at radius 1 is 1.22 bits per heavy atom. The summed E-state index contributed by atoms with van der Waals surface area (Å²) in [5.74, 6) is 1.27. The summed E-state index contributed by atoms with van der Waals surface area (Å²) < 4.78 is 26.5. The van der Waals surface area contributed by atoms with Crippen LogP contribution in [0.5, 0.6) is 5.75 Å². The Balaban J connectivity index is 1.93. The Labute approximate surface area is 159 Å². The largest absolute Gasteiger partial charge is 0.497 e. The molecular formula is C19H23N3O4S. The molecule has 2 aromatic rings. The summed E-state index contributed by atoms with van der Waals surface area (Å²) >= 11 is 0. The number of ether oxygens (including phenoxy) is 1. The zero-order chi connectivity index (χ0) is 19.4. The Kier molecular flexibility index (Phi) is 5.76. The number of nitro benzene ring substituents is 1. The number of nitrogens with one attached hydrogen (secondary N) is 1. The second-order valence-corrected chi connectivity index (χ2v) is 8.65. The summed E-state index contributed by atoms with van der Waals surface area (Å²) in [6, 6.07) is 12.9. The molecule has 0 heterocycles. The molecule has 1 fully saturated rings. The second kappa shape index (κ2) is 8.06. The first kappa shape index (κ1) is 19.3. The van der Waals surface area contributed by atoms with Gasteiger partial charge in [-0.1, -0.05) is 12.1 Å². The van der Waals surface area contributed by atoms with Crippen molar-refractivity contribution in [3.05, 3.63) is 64.2 Å². The van der Waals surface area contributed by atoms with Crippen LogP contribution >= 0.6 is 0 Å². The average molecular weight is 389 g/mol. The molecule has 8 heteroatoms. The van der Waals surface area contributed by atoms with E-state index >= 15 is 0 Å². The molecule has 0 radical (unpaired) electrons. The van der Waals surface area contributed by atoms with Crippen LogP contribution in [0.25, 0.3) is 0 Å². The van der Waals surface area contributed by atoms with Crippen molar-refractivity contribution in [3.63, 3.8) is 0 Å². The van der Waals surface area contributed by atoms with E-state index in [2.05, 4.69) is 9.08 Å². The zero-order valence-electron chi connectivity index (χ0n) is 15.3. The van der Waals surface area contributed by atoms with E-state index in [0.717, 1.165) is 24.2 Å². The number of hydrogen-bond acceptors (Lipinski definition) is 5. The van der Waals surface area contributed by atoms with Gasteiger partial charge in [0.1, 0.15) is 15.7 Å². The highest BCUT2D eigenvalue weighted by Gasteiger charge is 2.24. The van der Waals surface area contributed by atoms with E-state index in [4.69, 9.17) is 4.74 Å². The van der Waals surface area contributed by atoms with E-state index in [1.165, 1.54) is 24.3 Å². The molecule has 1 aliphatic rings. The molecule has 0 bridgehead atoms. The SMILES string of the molecule is COc1ccc(C(C)N=S(=O)(NCC2CC2)c2ccc([N+](=O)[O-])cc2)cc1. The molecule has 1 aliphatic carbocycles. The number of nitrogens with zero attached hydrogens (tertiary/aromatic N) is 2. The smallest absolute Gasteiger partial charge is 0.269 e. The first-order chi connectivity index (χ1) is 12.9. The number of non-ortho nitro benzene ring substituents is 1. The zero-order valence-corrected chi connectivity index (χ0v) is 16.1. The van der Waals surface area contributed by atoms with E-state index in [9.17, 15) is 14.3 Å². The molecule has 1 N–H and O–H groups in total. The molecule has 2 unspecified atom stereocenters. The molecule has 144 valence electrons. The fraction of sp³-hybridized carbons (Fsp3) is 0.368. The fourth-order valence-electron chi connectivity index (χ4n) is 2.65. The highest BCUT2D eigenvalue weighted by molar-refractivity contribution is 7.91. The molecule has 0 saturated heterocycles. The van der Waals surface area contributed by atoms with E-state index in [1.54, 1.807) is 7.11 Å². The van der Waals surface area contributed by atoms with E-state index < -0.39 is 14.8 Å². The van der Waals surface area contributed by atoms with Gasteiger partial charge in [0.2, 0.25) is 0 Å². The van der Waals surface area contributed by atoms with Crippen LogP contribution in [-0.4, -0.2) is 22.8 Å². The first-order valence-electron chi connectivity index (χ1n) is 8.80. The quantitative estimate of drug-likeness (QED) is 0.543. The molecule has 3 rings (SSSR count). The lowest BCUT2D eigenvalue weighted by atomic mass is 10.1. The highest BCUT2D eigenvalue weighted by Crippen LogP contribution is 2.29. The predicted octanol–water partition coefficient (Wildman–Crippen LogP) is 4.11. The lowest BCUT2D eigenvalue weighted by Crippen LogP contribution is -2.26. The second-order valence-electron chi connectivity index (χ2n) is 6.62. The number of hydrogen-bond donors (Lipinski definition) is 1. The Morgan fingerprint density at radius 2 is 1.85 bits per heavy atom. The highest BCUT2D eigenvalue weighted by atomic mass is 32.2. The maximum Gasteiger partial charge on any atom is 0.269 e. The predicted molar refractivity (Wildman–Crippen MR) is 104 cm³/mol. The molecular weight excluding hydrogens is 366 g/mol. The number of benzene rings is 2. The van der Waals surface area contributed by atoms with Crippen LogP contribution < -0.4 is 9.46 Å². The molecule has 0 amide bonds. The third-order valence-corrected chi connectivity index (χ3v) is 6.62. The topological polar surface area (TPSA) is 93.8 Å². The molecule has 0 aromatic heterocycles. The van der Waals surface area contributed by atoms with Crippen molar-refractivity contribution >= 4 is 15.6 Å². The molecule has 1 saturated carbocycles. The van der Waals surface area contributed by atoms with Crippen LogP contribution in [0.1, 0.15) is 31.4 Å². The molecule has 0 spiro atoms. The summed E-state index contributed by atoms with van der Waals surface area (Å²) in [5, 5.41) is 10.9. The van der Waals surface area contributed by atoms with Crippen LogP contribution in [0.2, 0.25) is 0 Å². The van der Waals surface area contributed by atoms with Gasteiger partial charge in [-0.3, -0.25) is 10.1 Å². The monoisotopic (exact) mass is 389 g/mol. The molecule has 2 atom stereocenters. The van der Waals surface area contributed by atoms with Crippen molar-refractivity contribution in [2.45, 2.75) is 30.7 Å². The van der Waals surface area contributed by atoms with Gasteiger partial charge in [0.15, 0.2) is 0 Å². The van der Waals surface area contributed by atoms with Crippen molar-refractivity contribution < 1.29 is 13.9 Å². The first-order valence-corrected chi connectivity index (χ1v) is 10.3. The van der Waals surface area contributed by atoms with Gasteiger partial charge in [-0.05, 0) is 55.5 Å². The lowest BCUT2D eigenvalue weighted by Gasteiger charge is -2.16. The minimum Gasteiger partial charge on any atom is -0.497 e. The van der Waals surface area contributed by atoms with Gasteiger partial charge in [0.05, 0.1) is 23.0 Å². The summed E-state index contributed by atoms with van der Waals surface area (Å²) in [7, 11) is -1.30. The Bertz CT molecular complexity index is 915. The molecule has 2 aromatic carbocycles. The van der Waals surface area contributed by atoms with Crippen molar-refractivity contribution in [3.8, 4) is 5.75 Å². The minimum absolute atomic E-state index is 0.0362. The maximum absolute atomic E-state index is 13.6. The van der Waals surface area contributed by atoms with Crippen molar-refractivity contribution in [2.24, 2.45) is 10.3 Å². The van der Waals surface area contributed by atoms with Gasteiger partial charge in [0.25, 0.3) is 5.69 Å². The normalized spacial score (nSPS) is 17.0. The van der Waals surface area contributed by atoms with Crippen LogP contribution in [-0.2, 0) is 9.92 Å². The van der Waals surface area contributed by atoms with Gasteiger partial charge in [-0.2, -0.15) is 0 Å². The van der Waals surface area contributed by atoms with E-state index in [1.807, 2.05) is 31.2 Å². The summed E-state index contributed by atoms with van der Waals surface area (Å²) in [4.78, 5) is 10.9. The van der Waals surface area contributed by atoms with Crippen LogP contribution in [0, 0.1) is 16.0 Å².